The van der Waals surface area contributed by atoms with Crippen molar-refractivity contribution >= 4 is 0 Å². The summed E-state index contributed by atoms with van der Waals surface area (Å²) in [5.41, 5.74) is 2.57. The van der Waals surface area contributed by atoms with Gasteiger partial charge < -0.3 is 9.47 Å². The SMILES string of the molecule is COC1C[C@H]2[C@@H]3CC[C@H](C(C)COc4cccc(C)n4)[C@@]3(C)CC[C@@H]2[C@@]2(C)CC[C@@H]3C[C@@]132. The summed E-state index contributed by atoms with van der Waals surface area (Å²) in [5, 5.41) is 0. The van der Waals surface area contributed by atoms with Crippen LogP contribution in [-0.4, -0.2) is 24.8 Å². The fraction of sp³-hybridized carbons (Fsp3) is 0.828. The Kier molecular flexibility index (Phi) is 4.83. The molecule has 176 valence electrons. The van der Waals surface area contributed by atoms with E-state index in [9.17, 15) is 0 Å². The Morgan fingerprint density at radius 2 is 1.94 bits per heavy atom. The van der Waals surface area contributed by atoms with E-state index in [1.54, 1.807) is 0 Å². The molecule has 5 aliphatic rings. The largest absolute Gasteiger partial charge is 0.477 e. The number of fused-ring (bicyclic) bond motifs is 4. The third kappa shape index (κ3) is 2.72. The van der Waals surface area contributed by atoms with Crippen molar-refractivity contribution in [3.05, 3.63) is 23.9 Å². The molecular weight excluding hydrogens is 394 g/mol. The van der Waals surface area contributed by atoms with E-state index in [1.807, 2.05) is 32.2 Å². The van der Waals surface area contributed by atoms with Gasteiger partial charge in [-0.15, -0.1) is 0 Å². The molecule has 5 fully saturated rings. The third-order valence-corrected chi connectivity index (χ3v) is 11.9. The van der Waals surface area contributed by atoms with Crippen molar-refractivity contribution in [1.82, 2.24) is 4.98 Å². The molecule has 0 saturated heterocycles. The van der Waals surface area contributed by atoms with E-state index in [0.717, 1.165) is 47.8 Å². The first-order valence-corrected chi connectivity index (χ1v) is 13.4. The van der Waals surface area contributed by atoms with Crippen molar-refractivity contribution in [3.63, 3.8) is 0 Å². The Bertz CT molecular complexity index is 886. The molecule has 10 atom stereocenters. The van der Waals surface area contributed by atoms with Gasteiger partial charge in [-0.05, 0) is 111 Å². The summed E-state index contributed by atoms with van der Waals surface area (Å²) in [5.74, 6) is 5.76. The number of aromatic nitrogens is 1. The zero-order valence-electron chi connectivity index (χ0n) is 20.9. The molecule has 32 heavy (non-hydrogen) atoms. The quantitative estimate of drug-likeness (QED) is 0.514. The highest BCUT2D eigenvalue weighted by molar-refractivity contribution is 5.26. The number of rotatable bonds is 5. The fourth-order valence-corrected chi connectivity index (χ4v) is 10.5. The minimum atomic E-state index is 0.463. The van der Waals surface area contributed by atoms with Gasteiger partial charge in [0.25, 0.3) is 0 Å². The molecule has 3 heteroatoms. The molecule has 6 rings (SSSR count). The molecule has 0 radical (unpaired) electrons. The number of ether oxygens (including phenoxy) is 2. The zero-order chi connectivity index (χ0) is 22.3. The first kappa shape index (κ1) is 21.4. The Labute approximate surface area is 195 Å². The van der Waals surface area contributed by atoms with E-state index in [0.29, 0.717) is 28.3 Å². The van der Waals surface area contributed by atoms with E-state index in [2.05, 4.69) is 25.8 Å². The Morgan fingerprint density at radius 1 is 1.09 bits per heavy atom. The second-order valence-corrected chi connectivity index (χ2v) is 12.9. The Morgan fingerprint density at radius 3 is 2.69 bits per heavy atom. The molecular formula is C29H43NO2. The molecule has 3 nitrogen and oxygen atoms in total. The van der Waals surface area contributed by atoms with Gasteiger partial charge in [-0.2, -0.15) is 0 Å². The lowest BCUT2D eigenvalue weighted by Gasteiger charge is -2.61. The van der Waals surface area contributed by atoms with Crippen molar-refractivity contribution in [1.29, 1.82) is 0 Å². The first-order chi connectivity index (χ1) is 15.3. The highest BCUT2D eigenvalue weighted by Gasteiger charge is 2.77. The van der Waals surface area contributed by atoms with Gasteiger partial charge >= 0.3 is 0 Å². The molecule has 1 aromatic rings. The van der Waals surface area contributed by atoms with Gasteiger partial charge in [-0.25, -0.2) is 4.98 Å². The molecule has 1 aromatic heterocycles. The zero-order valence-corrected chi connectivity index (χ0v) is 20.9. The summed E-state index contributed by atoms with van der Waals surface area (Å²) < 4.78 is 12.5. The highest BCUT2D eigenvalue weighted by Crippen LogP contribution is 2.82. The summed E-state index contributed by atoms with van der Waals surface area (Å²) in [6.45, 7) is 10.6. The number of aryl methyl sites for hydroxylation is 1. The third-order valence-electron chi connectivity index (χ3n) is 11.9. The van der Waals surface area contributed by atoms with Crippen LogP contribution in [0.2, 0.25) is 0 Å². The minimum absolute atomic E-state index is 0.463. The molecule has 1 heterocycles. The Balaban J connectivity index is 1.21. The van der Waals surface area contributed by atoms with Crippen LogP contribution in [-0.2, 0) is 4.74 Å². The van der Waals surface area contributed by atoms with E-state index in [4.69, 9.17) is 9.47 Å². The smallest absolute Gasteiger partial charge is 0.213 e. The molecule has 0 bridgehead atoms. The van der Waals surface area contributed by atoms with Crippen LogP contribution in [0.3, 0.4) is 0 Å². The van der Waals surface area contributed by atoms with E-state index in [1.165, 1.54) is 51.4 Å². The van der Waals surface area contributed by atoms with E-state index >= 15 is 0 Å². The summed E-state index contributed by atoms with van der Waals surface area (Å²) in [7, 11) is 2.01. The van der Waals surface area contributed by atoms with Crippen LogP contribution >= 0.6 is 0 Å². The number of nitrogens with zero attached hydrogens (tertiary/aromatic N) is 1. The summed E-state index contributed by atoms with van der Waals surface area (Å²) in [6.07, 6.45) is 11.9. The lowest BCUT2D eigenvalue weighted by Crippen LogP contribution is -2.57. The van der Waals surface area contributed by atoms with Gasteiger partial charge in [-0.1, -0.05) is 26.8 Å². The van der Waals surface area contributed by atoms with Crippen molar-refractivity contribution in [2.24, 2.45) is 51.8 Å². The van der Waals surface area contributed by atoms with Gasteiger partial charge in [0.1, 0.15) is 0 Å². The summed E-state index contributed by atoms with van der Waals surface area (Å²) in [6, 6.07) is 6.08. The highest BCUT2D eigenvalue weighted by atomic mass is 16.5. The second kappa shape index (κ2) is 7.20. The predicted octanol–water partition coefficient (Wildman–Crippen LogP) is 6.69. The van der Waals surface area contributed by atoms with Gasteiger partial charge in [0, 0.05) is 24.3 Å². The van der Waals surface area contributed by atoms with Gasteiger partial charge in [0.2, 0.25) is 5.88 Å². The van der Waals surface area contributed by atoms with Crippen molar-refractivity contribution in [2.75, 3.05) is 13.7 Å². The van der Waals surface area contributed by atoms with E-state index in [-0.39, 0.29) is 0 Å². The Hall–Kier alpha value is -1.09. The van der Waals surface area contributed by atoms with Crippen LogP contribution < -0.4 is 4.74 Å². The molecule has 5 aliphatic carbocycles. The van der Waals surface area contributed by atoms with E-state index < -0.39 is 0 Å². The van der Waals surface area contributed by atoms with Crippen molar-refractivity contribution in [3.8, 4) is 5.88 Å². The molecule has 0 N–H and O–H groups in total. The van der Waals surface area contributed by atoms with Crippen LogP contribution in [0.1, 0.15) is 77.8 Å². The topological polar surface area (TPSA) is 31.4 Å². The standard InChI is InChI=1S/C29H43NO2/c1-18(17-32-26-8-6-7-19(2)30-26)22-9-10-23-21-15-25(31-5)29-16-20(29)11-14-28(29,4)24(21)12-13-27(22,23)3/h6-8,18,20-25H,9-17H2,1-5H3/t18?,20-,21+,22-,23+,24+,25?,27-,28-,29+/m1/s1. The fourth-order valence-electron chi connectivity index (χ4n) is 10.5. The number of hydrogen-bond acceptors (Lipinski definition) is 3. The number of hydrogen-bond donors (Lipinski definition) is 0. The maximum absolute atomic E-state index is 6.29. The molecule has 5 saturated carbocycles. The van der Waals surface area contributed by atoms with Crippen LogP contribution in [0.4, 0.5) is 0 Å². The second-order valence-electron chi connectivity index (χ2n) is 12.9. The van der Waals surface area contributed by atoms with Gasteiger partial charge in [-0.3, -0.25) is 0 Å². The lowest BCUT2D eigenvalue weighted by atomic mass is 9.45. The average molecular weight is 438 g/mol. The molecule has 2 unspecified atom stereocenters. The van der Waals surface area contributed by atoms with Crippen LogP contribution in [0.5, 0.6) is 5.88 Å². The summed E-state index contributed by atoms with van der Waals surface area (Å²) in [4.78, 5) is 4.55. The maximum Gasteiger partial charge on any atom is 0.213 e. The van der Waals surface area contributed by atoms with Gasteiger partial charge in [0.15, 0.2) is 0 Å². The molecule has 0 aliphatic heterocycles. The minimum Gasteiger partial charge on any atom is -0.477 e. The van der Waals surface area contributed by atoms with Crippen molar-refractivity contribution < 1.29 is 9.47 Å². The van der Waals surface area contributed by atoms with Crippen LogP contribution in [0.25, 0.3) is 0 Å². The van der Waals surface area contributed by atoms with Crippen LogP contribution in [0, 0.1) is 58.7 Å². The number of methoxy groups -OCH3 is 1. The molecule has 1 spiro atoms. The molecule has 0 aromatic carbocycles. The maximum atomic E-state index is 6.29. The summed E-state index contributed by atoms with van der Waals surface area (Å²) >= 11 is 0. The van der Waals surface area contributed by atoms with Gasteiger partial charge in [0.05, 0.1) is 12.7 Å². The predicted molar refractivity (Wildman–Crippen MR) is 127 cm³/mol. The average Bonchev–Trinajstić information content (AvgIpc) is 3.28. The normalized spacial score (nSPS) is 49.5. The van der Waals surface area contributed by atoms with Crippen LogP contribution in [0.15, 0.2) is 18.2 Å². The first-order valence-electron chi connectivity index (χ1n) is 13.4. The van der Waals surface area contributed by atoms with Crippen molar-refractivity contribution in [2.45, 2.75) is 85.2 Å². The monoisotopic (exact) mass is 437 g/mol. The molecule has 0 amide bonds. The number of pyridine rings is 1. The lowest BCUT2D eigenvalue weighted by molar-refractivity contribution is -0.161.